The molecule has 4 rings (SSSR count). The number of aromatic nitrogens is 2. The van der Waals surface area contributed by atoms with Gasteiger partial charge in [0, 0.05) is 45.3 Å². The highest BCUT2D eigenvalue weighted by molar-refractivity contribution is 5.94. The van der Waals surface area contributed by atoms with Gasteiger partial charge < -0.3 is 9.64 Å². The topological polar surface area (TPSA) is 50.6 Å². The van der Waals surface area contributed by atoms with Gasteiger partial charge >= 0.3 is 0 Å². The zero-order valence-electron chi connectivity index (χ0n) is 15.4. The molecule has 3 heterocycles. The quantitative estimate of drug-likeness (QED) is 0.838. The van der Waals surface area contributed by atoms with E-state index in [1.807, 2.05) is 16.6 Å². The number of hydrogen-bond donors (Lipinski definition) is 0. The van der Waals surface area contributed by atoms with Gasteiger partial charge in [0.1, 0.15) is 0 Å². The first-order valence-electron chi connectivity index (χ1n) is 9.86. The normalized spacial score (nSPS) is 22.8. The van der Waals surface area contributed by atoms with E-state index in [9.17, 15) is 4.79 Å². The molecule has 1 saturated carbocycles. The summed E-state index contributed by atoms with van der Waals surface area (Å²) in [4.78, 5) is 17.3. The minimum absolute atomic E-state index is 0.0841. The zero-order chi connectivity index (χ0) is 17.2. The van der Waals surface area contributed by atoms with Crippen molar-refractivity contribution in [2.75, 3.05) is 39.4 Å². The number of morpholine rings is 1. The number of nitrogens with zero attached hydrogens (tertiary/aromatic N) is 4. The summed E-state index contributed by atoms with van der Waals surface area (Å²) < 4.78 is 7.30. The number of carbonyl (C=O) groups excluding carboxylic acids is 1. The molecule has 1 aliphatic carbocycles. The van der Waals surface area contributed by atoms with Gasteiger partial charge in [0.05, 0.1) is 18.9 Å². The van der Waals surface area contributed by atoms with Gasteiger partial charge in [-0.15, -0.1) is 0 Å². The molecule has 0 N–H and O–H groups in total. The largest absolute Gasteiger partial charge is 0.378 e. The predicted octanol–water partition coefficient (Wildman–Crippen LogP) is 1.83. The van der Waals surface area contributed by atoms with Crippen molar-refractivity contribution < 1.29 is 9.53 Å². The van der Waals surface area contributed by atoms with Crippen LogP contribution >= 0.6 is 0 Å². The Morgan fingerprint density at radius 1 is 1.16 bits per heavy atom. The summed E-state index contributed by atoms with van der Waals surface area (Å²) in [7, 11) is 1.99. The summed E-state index contributed by atoms with van der Waals surface area (Å²) in [6, 6.07) is 0. The van der Waals surface area contributed by atoms with E-state index in [0.717, 1.165) is 25.4 Å². The van der Waals surface area contributed by atoms with Crippen molar-refractivity contribution in [3.8, 4) is 0 Å². The first-order valence-corrected chi connectivity index (χ1v) is 9.86. The third-order valence-electron chi connectivity index (χ3n) is 6.07. The fourth-order valence-corrected chi connectivity index (χ4v) is 4.60. The number of carbonyl (C=O) groups is 1. The molecule has 2 aliphatic heterocycles. The van der Waals surface area contributed by atoms with E-state index < -0.39 is 0 Å². The summed E-state index contributed by atoms with van der Waals surface area (Å²) in [6.07, 6.45) is 7.92. The molecule has 0 spiro atoms. The van der Waals surface area contributed by atoms with Crippen LogP contribution in [0.25, 0.3) is 0 Å². The van der Waals surface area contributed by atoms with Crippen LogP contribution < -0.4 is 0 Å². The lowest BCUT2D eigenvalue weighted by Gasteiger charge is -2.32. The summed E-state index contributed by atoms with van der Waals surface area (Å²) >= 11 is 0. The van der Waals surface area contributed by atoms with E-state index in [1.54, 1.807) is 0 Å². The first-order chi connectivity index (χ1) is 12.2. The predicted molar refractivity (Wildman–Crippen MR) is 95.5 cm³/mol. The van der Waals surface area contributed by atoms with Gasteiger partial charge in [0.15, 0.2) is 5.69 Å². The van der Waals surface area contributed by atoms with Crippen LogP contribution in [0, 0.1) is 5.92 Å². The molecule has 3 aliphatic rings. The van der Waals surface area contributed by atoms with Crippen LogP contribution in [-0.2, 0) is 24.8 Å². The SMILES string of the molecule is Cn1nc(C(=O)N2CCOCC2)c2c1CN(CC1CCCCC1)CC2. The minimum Gasteiger partial charge on any atom is -0.378 e. The molecule has 6 nitrogen and oxygen atoms in total. The van der Waals surface area contributed by atoms with E-state index >= 15 is 0 Å². The van der Waals surface area contributed by atoms with Crippen LogP contribution in [0.2, 0.25) is 0 Å². The van der Waals surface area contributed by atoms with Crippen LogP contribution in [-0.4, -0.2) is 64.9 Å². The van der Waals surface area contributed by atoms with Crippen LogP contribution in [0.3, 0.4) is 0 Å². The van der Waals surface area contributed by atoms with Crippen molar-refractivity contribution in [3.63, 3.8) is 0 Å². The van der Waals surface area contributed by atoms with E-state index in [4.69, 9.17) is 4.74 Å². The number of fused-ring (bicyclic) bond motifs is 1. The molecule has 0 unspecified atom stereocenters. The highest BCUT2D eigenvalue weighted by atomic mass is 16.5. The van der Waals surface area contributed by atoms with Gasteiger partial charge in [0.25, 0.3) is 5.91 Å². The van der Waals surface area contributed by atoms with Gasteiger partial charge in [-0.25, -0.2) is 0 Å². The van der Waals surface area contributed by atoms with Crippen LogP contribution in [0.15, 0.2) is 0 Å². The number of hydrogen-bond acceptors (Lipinski definition) is 4. The molecule has 1 amide bonds. The molecule has 6 heteroatoms. The average Bonchev–Trinajstić information content (AvgIpc) is 2.99. The Hall–Kier alpha value is -1.40. The number of ether oxygens (including phenoxy) is 1. The van der Waals surface area contributed by atoms with E-state index in [2.05, 4.69) is 10.00 Å². The molecular formula is C19H30N4O2. The fourth-order valence-electron chi connectivity index (χ4n) is 4.60. The van der Waals surface area contributed by atoms with Crippen molar-refractivity contribution in [2.24, 2.45) is 13.0 Å². The van der Waals surface area contributed by atoms with E-state index in [1.165, 1.54) is 49.9 Å². The molecule has 1 aromatic rings. The van der Waals surface area contributed by atoms with Crippen molar-refractivity contribution >= 4 is 5.91 Å². The smallest absolute Gasteiger partial charge is 0.274 e. The van der Waals surface area contributed by atoms with Gasteiger partial charge in [-0.2, -0.15) is 5.10 Å². The highest BCUT2D eigenvalue weighted by Gasteiger charge is 2.30. The molecule has 0 bridgehead atoms. The lowest BCUT2D eigenvalue weighted by molar-refractivity contribution is 0.0297. The summed E-state index contributed by atoms with van der Waals surface area (Å²) in [5.41, 5.74) is 3.09. The summed E-state index contributed by atoms with van der Waals surface area (Å²) in [5, 5.41) is 4.61. The average molecular weight is 346 g/mol. The van der Waals surface area contributed by atoms with Crippen LogP contribution in [0.4, 0.5) is 0 Å². The molecule has 25 heavy (non-hydrogen) atoms. The van der Waals surface area contributed by atoms with Crippen molar-refractivity contribution in [1.82, 2.24) is 19.6 Å². The second-order valence-electron chi connectivity index (χ2n) is 7.79. The second-order valence-corrected chi connectivity index (χ2v) is 7.79. The third kappa shape index (κ3) is 3.60. The molecule has 1 aromatic heterocycles. The van der Waals surface area contributed by atoms with Gasteiger partial charge in [-0.1, -0.05) is 19.3 Å². The van der Waals surface area contributed by atoms with Crippen molar-refractivity contribution in [3.05, 3.63) is 17.0 Å². The number of rotatable bonds is 3. The molecule has 0 radical (unpaired) electrons. The molecule has 0 atom stereocenters. The molecule has 2 fully saturated rings. The van der Waals surface area contributed by atoms with Crippen molar-refractivity contribution in [2.45, 2.75) is 45.1 Å². The molecule has 1 saturated heterocycles. The van der Waals surface area contributed by atoms with Gasteiger partial charge in [0.2, 0.25) is 0 Å². The summed E-state index contributed by atoms with van der Waals surface area (Å²) in [5.74, 6) is 0.943. The Labute approximate surface area is 150 Å². The standard InChI is InChI=1S/C19H30N4O2/c1-21-17-14-22(13-15-5-3-2-4-6-15)8-7-16(17)18(20-21)19(24)23-9-11-25-12-10-23/h15H,2-14H2,1H3. The van der Waals surface area contributed by atoms with Gasteiger partial charge in [-0.05, 0) is 25.2 Å². The zero-order valence-corrected chi connectivity index (χ0v) is 15.4. The Kier molecular flexibility index (Phi) is 5.08. The lowest BCUT2D eigenvalue weighted by atomic mass is 9.88. The van der Waals surface area contributed by atoms with Crippen molar-refractivity contribution in [1.29, 1.82) is 0 Å². The highest BCUT2D eigenvalue weighted by Crippen LogP contribution is 2.28. The summed E-state index contributed by atoms with van der Waals surface area (Å²) in [6.45, 7) is 5.82. The molecular weight excluding hydrogens is 316 g/mol. The minimum atomic E-state index is 0.0841. The molecule has 0 aromatic carbocycles. The van der Waals surface area contributed by atoms with Crippen LogP contribution in [0.5, 0.6) is 0 Å². The monoisotopic (exact) mass is 346 g/mol. The van der Waals surface area contributed by atoms with E-state index in [0.29, 0.717) is 32.0 Å². The Balaban J connectivity index is 1.46. The first kappa shape index (κ1) is 17.0. The maximum atomic E-state index is 12.9. The van der Waals surface area contributed by atoms with E-state index in [-0.39, 0.29) is 5.91 Å². The van der Waals surface area contributed by atoms with Crippen LogP contribution in [0.1, 0.15) is 53.8 Å². The third-order valence-corrected chi connectivity index (χ3v) is 6.07. The maximum Gasteiger partial charge on any atom is 0.274 e. The Bertz CT molecular complexity index is 615. The molecule has 138 valence electrons. The Morgan fingerprint density at radius 3 is 2.68 bits per heavy atom. The second kappa shape index (κ2) is 7.46. The lowest BCUT2D eigenvalue weighted by Crippen LogP contribution is -2.41. The number of aryl methyl sites for hydroxylation is 1. The van der Waals surface area contributed by atoms with Gasteiger partial charge in [-0.3, -0.25) is 14.4 Å². The fraction of sp³-hybridized carbons (Fsp3) is 0.789. The Morgan fingerprint density at radius 2 is 1.92 bits per heavy atom. The number of amides is 1. The maximum absolute atomic E-state index is 12.9.